The summed E-state index contributed by atoms with van der Waals surface area (Å²) in [5.41, 5.74) is 10.4. The molecular formula is C9H15N5O. The van der Waals surface area contributed by atoms with Crippen molar-refractivity contribution in [3.8, 4) is 0 Å². The van der Waals surface area contributed by atoms with Gasteiger partial charge in [0, 0.05) is 19.2 Å². The van der Waals surface area contributed by atoms with E-state index in [1.54, 1.807) is 13.0 Å². The minimum absolute atomic E-state index is 0.163. The number of aromatic nitrogens is 2. The first-order chi connectivity index (χ1) is 6.96. The Labute approximate surface area is 87.9 Å². The lowest BCUT2D eigenvalue weighted by Crippen LogP contribution is -2.30. The van der Waals surface area contributed by atoms with E-state index in [-0.39, 0.29) is 5.95 Å². The first-order valence-corrected chi connectivity index (χ1v) is 4.84. The number of nitrogen functional groups attached to an aromatic ring is 2. The molecule has 2 rings (SSSR count). The average Bonchev–Trinajstić information content (AvgIpc) is 2.44. The van der Waals surface area contributed by atoms with Gasteiger partial charge in [-0.2, -0.15) is 9.97 Å². The molecule has 82 valence electrons. The van der Waals surface area contributed by atoms with Gasteiger partial charge in [0.2, 0.25) is 5.95 Å². The Morgan fingerprint density at radius 1 is 1.47 bits per heavy atom. The fraction of sp³-hybridized carbons (Fsp3) is 0.556. The van der Waals surface area contributed by atoms with Crippen molar-refractivity contribution >= 4 is 17.6 Å². The number of hydrogen-bond donors (Lipinski definition) is 3. The summed E-state index contributed by atoms with van der Waals surface area (Å²) >= 11 is 0. The standard InChI is InChI=1S/C9H15N5O/c1-9(15)2-3-14(5-9)7-4-6(10)12-8(11)13-7/h4,15H,2-3,5H2,1H3,(H4,10,11,12,13). The summed E-state index contributed by atoms with van der Waals surface area (Å²) in [6, 6.07) is 1.66. The van der Waals surface area contributed by atoms with E-state index >= 15 is 0 Å². The van der Waals surface area contributed by atoms with Crippen LogP contribution in [0.1, 0.15) is 13.3 Å². The molecule has 6 nitrogen and oxygen atoms in total. The molecule has 0 saturated carbocycles. The van der Waals surface area contributed by atoms with Crippen molar-refractivity contribution in [2.45, 2.75) is 18.9 Å². The lowest BCUT2D eigenvalue weighted by molar-refractivity contribution is 0.0839. The zero-order valence-corrected chi connectivity index (χ0v) is 8.64. The number of nitrogens with zero attached hydrogens (tertiary/aromatic N) is 3. The summed E-state index contributed by atoms with van der Waals surface area (Å²) in [4.78, 5) is 9.83. The largest absolute Gasteiger partial charge is 0.388 e. The molecule has 0 radical (unpaired) electrons. The fourth-order valence-electron chi connectivity index (χ4n) is 1.77. The summed E-state index contributed by atoms with van der Waals surface area (Å²) in [6.45, 7) is 3.10. The second-order valence-corrected chi connectivity index (χ2v) is 4.18. The van der Waals surface area contributed by atoms with Crippen LogP contribution < -0.4 is 16.4 Å². The van der Waals surface area contributed by atoms with Gasteiger partial charge in [-0.1, -0.05) is 0 Å². The lowest BCUT2D eigenvalue weighted by atomic mass is 10.1. The molecule has 1 aliphatic heterocycles. The van der Waals surface area contributed by atoms with E-state index in [0.717, 1.165) is 13.0 Å². The van der Waals surface area contributed by atoms with Crippen molar-refractivity contribution in [3.05, 3.63) is 6.07 Å². The summed E-state index contributed by atoms with van der Waals surface area (Å²) in [7, 11) is 0. The molecule has 1 saturated heterocycles. The van der Waals surface area contributed by atoms with Crippen LogP contribution in [0.2, 0.25) is 0 Å². The molecule has 1 aromatic rings. The third-order valence-corrected chi connectivity index (χ3v) is 2.53. The van der Waals surface area contributed by atoms with Crippen LogP contribution in [0.5, 0.6) is 0 Å². The van der Waals surface area contributed by atoms with Gasteiger partial charge in [0.05, 0.1) is 5.60 Å². The zero-order valence-electron chi connectivity index (χ0n) is 8.64. The number of nitrogens with two attached hydrogens (primary N) is 2. The van der Waals surface area contributed by atoms with Crippen LogP contribution in [0, 0.1) is 0 Å². The van der Waals surface area contributed by atoms with Gasteiger partial charge in [-0.25, -0.2) is 0 Å². The summed E-state index contributed by atoms with van der Waals surface area (Å²) in [6.07, 6.45) is 0.719. The van der Waals surface area contributed by atoms with Crippen LogP contribution in [0.15, 0.2) is 6.07 Å². The molecule has 0 spiro atoms. The minimum atomic E-state index is -0.658. The van der Waals surface area contributed by atoms with Crippen LogP contribution in [-0.4, -0.2) is 33.8 Å². The van der Waals surface area contributed by atoms with Gasteiger partial charge in [-0.15, -0.1) is 0 Å². The van der Waals surface area contributed by atoms with E-state index in [4.69, 9.17) is 11.5 Å². The van der Waals surface area contributed by atoms with Gasteiger partial charge in [0.15, 0.2) is 0 Å². The van der Waals surface area contributed by atoms with Crippen LogP contribution in [0.4, 0.5) is 17.6 Å². The Balaban J connectivity index is 2.24. The van der Waals surface area contributed by atoms with Gasteiger partial charge in [-0.3, -0.25) is 0 Å². The zero-order chi connectivity index (χ0) is 11.1. The molecule has 2 heterocycles. The maximum atomic E-state index is 9.82. The van der Waals surface area contributed by atoms with Gasteiger partial charge in [0.1, 0.15) is 11.6 Å². The molecule has 0 amide bonds. The third kappa shape index (κ3) is 2.10. The van der Waals surface area contributed by atoms with E-state index < -0.39 is 5.60 Å². The molecule has 0 bridgehead atoms. The summed E-state index contributed by atoms with van der Waals surface area (Å²) < 4.78 is 0. The predicted molar refractivity (Wildman–Crippen MR) is 58.3 cm³/mol. The van der Waals surface area contributed by atoms with Crippen molar-refractivity contribution < 1.29 is 5.11 Å². The number of anilines is 3. The highest BCUT2D eigenvalue weighted by Gasteiger charge is 2.32. The molecule has 6 heteroatoms. The molecule has 1 aliphatic rings. The highest BCUT2D eigenvalue weighted by atomic mass is 16.3. The van der Waals surface area contributed by atoms with E-state index in [9.17, 15) is 5.11 Å². The van der Waals surface area contributed by atoms with Crippen molar-refractivity contribution in [3.63, 3.8) is 0 Å². The molecular weight excluding hydrogens is 194 g/mol. The van der Waals surface area contributed by atoms with Crippen LogP contribution in [0.3, 0.4) is 0 Å². The van der Waals surface area contributed by atoms with Crippen molar-refractivity contribution in [2.24, 2.45) is 0 Å². The van der Waals surface area contributed by atoms with Gasteiger partial charge >= 0.3 is 0 Å². The van der Waals surface area contributed by atoms with Crippen LogP contribution >= 0.6 is 0 Å². The third-order valence-electron chi connectivity index (χ3n) is 2.53. The predicted octanol–water partition coefficient (Wildman–Crippen LogP) is -0.398. The highest BCUT2D eigenvalue weighted by molar-refractivity contribution is 5.51. The van der Waals surface area contributed by atoms with E-state index in [1.165, 1.54) is 0 Å². The molecule has 0 aliphatic carbocycles. The molecule has 1 unspecified atom stereocenters. The van der Waals surface area contributed by atoms with Gasteiger partial charge in [0.25, 0.3) is 0 Å². The highest BCUT2D eigenvalue weighted by Crippen LogP contribution is 2.25. The van der Waals surface area contributed by atoms with Crippen molar-refractivity contribution in [1.29, 1.82) is 0 Å². The SMILES string of the molecule is CC1(O)CCN(c2cc(N)nc(N)n2)C1. The van der Waals surface area contributed by atoms with Crippen molar-refractivity contribution in [1.82, 2.24) is 9.97 Å². The van der Waals surface area contributed by atoms with E-state index in [0.29, 0.717) is 18.2 Å². The number of rotatable bonds is 1. The van der Waals surface area contributed by atoms with Gasteiger partial charge < -0.3 is 21.5 Å². The van der Waals surface area contributed by atoms with E-state index in [1.807, 2.05) is 4.90 Å². The Kier molecular flexibility index (Phi) is 2.15. The maximum absolute atomic E-state index is 9.82. The molecule has 5 N–H and O–H groups in total. The topological polar surface area (TPSA) is 101 Å². The number of aliphatic hydroxyl groups is 1. The lowest BCUT2D eigenvalue weighted by Gasteiger charge is -2.19. The molecule has 0 aromatic carbocycles. The summed E-state index contributed by atoms with van der Waals surface area (Å²) in [5.74, 6) is 1.19. The first-order valence-electron chi connectivity index (χ1n) is 4.84. The van der Waals surface area contributed by atoms with Crippen molar-refractivity contribution in [2.75, 3.05) is 29.5 Å². The second-order valence-electron chi connectivity index (χ2n) is 4.18. The molecule has 1 aromatic heterocycles. The Bertz CT molecular complexity index is 359. The maximum Gasteiger partial charge on any atom is 0.223 e. The smallest absolute Gasteiger partial charge is 0.223 e. The molecule has 15 heavy (non-hydrogen) atoms. The van der Waals surface area contributed by atoms with Crippen LogP contribution in [0.25, 0.3) is 0 Å². The first kappa shape index (κ1) is 9.97. The van der Waals surface area contributed by atoms with Crippen LogP contribution in [-0.2, 0) is 0 Å². The number of β-amino-alcohol motifs (C(OH)–C–C–N with tert-alkyl or cyclic N) is 1. The summed E-state index contributed by atoms with van der Waals surface area (Å²) in [5, 5.41) is 9.82. The normalized spacial score (nSPS) is 25.9. The molecule has 1 atom stereocenters. The Hall–Kier alpha value is -1.56. The van der Waals surface area contributed by atoms with E-state index in [2.05, 4.69) is 9.97 Å². The Morgan fingerprint density at radius 3 is 2.73 bits per heavy atom. The monoisotopic (exact) mass is 209 g/mol. The Morgan fingerprint density at radius 2 is 2.20 bits per heavy atom. The number of hydrogen-bond acceptors (Lipinski definition) is 6. The average molecular weight is 209 g/mol. The molecule has 1 fully saturated rings. The fourth-order valence-corrected chi connectivity index (χ4v) is 1.77. The minimum Gasteiger partial charge on any atom is -0.388 e. The quantitative estimate of drug-likeness (QED) is 0.582. The second kappa shape index (κ2) is 3.23. The van der Waals surface area contributed by atoms with Gasteiger partial charge in [-0.05, 0) is 13.3 Å².